The van der Waals surface area contributed by atoms with Gasteiger partial charge in [0.15, 0.2) is 6.61 Å². The van der Waals surface area contributed by atoms with Crippen molar-refractivity contribution in [2.45, 2.75) is 20.8 Å². The zero-order valence-electron chi connectivity index (χ0n) is 17.4. The number of methoxy groups -OCH3 is 1. The van der Waals surface area contributed by atoms with Gasteiger partial charge in [0.2, 0.25) is 0 Å². The number of aromatic nitrogens is 1. The second kappa shape index (κ2) is 10.5. The van der Waals surface area contributed by atoms with E-state index < -0.39 is 30.4 Å². The van der Waals surface area contributed by atoms with Gasteiger partial charge in [0.05, 0.1) is 24.8 Å². The van der Waals surface area contributed by atoms with Crippen molar-refractivity contribution < 1.29 is 33.4 Å². The lowest BCUT2D eigenvalue weighted by atomic mass is 10.1. The first kappa shape index (κ1) is 23.7. The fraction of sp³-hybridized carbons (Fsp3) is 0.300. The Morgan fingerprint density at radius 1 is 1.06 bits per heavy atom. The van der Waals surface area contributed by atoms with E-state index in [1.807, 2.05) is 0 Å². The number of carbonyl (C=O) groups excluding carboxylic acids is 4. The third-order valence-corrected chi connectivity index (χ3v) is 4.41. The van der Waals surface area contributed by atoms with Gasteiger partial charge in [0.1, 0.15) is 11.4 Å². The Kier molecular flexibility index (Phi) is 8.03. The number of carbonyl (C=O) groups is 4. The van der Waals surface area contributed by atoms with E-state index in [1.165, 1.54) is 19.2 Å². The number of ether oxygens (including phenoxy) is 3. The van der Waals surface area contributed by atoms with Crippen LogP contribution in [0.15, 0.2) is 18.2 Å². The highest BCUT2D eigenvalue weighted by Gasteiger charge is 2.24. The minimum absolute atomic E-state index is 0.109. The molecule has 0 saturated heterocycles. The van der Waals surface area contributed by atoms with Crippen molar-refractivity contribution in [2.75, 3.05) is 20.3 Å². The number of rotatable bonds is 7. The molecule has 1 aromatic heterocycles. The molecular weight excluding hydrogens is 430 g/mol. The molecular formula is C20H22ClN3O7. The smallest absolute Gasteiger partial charge is 0.355 e. The quantitative estimate of drug-likeness (QED) is 0.433. The van der Waals surface area contributed by atoms with Crippen LogP contribution in [0.1, 0.15) is 49.4 Å². The molecule has 2 rings (SSSR count). The summed E-state index contributed by atoms with van der Waals surface area (Å²) in [6.07, 6.45) is 0. The van der Waals surface area contributed by atoms with Gasteiger partial charge < -0.3 is 19.2 Å². The summed E-state index contributed by atoms with van der Waals surface area (Å²) in [6, 6.07) is 4.43. The van der Waals surface area contributed by atoms with Gasteiger partial charge in [-0.3, -0.25) is 20.4 Å². The van der Waals surface area contributed by atoms with Crippen molar-refractivity contribution in [3.05, 3.63) is 51.3 Å². The van der Waals surface area contributed by atoms with Crippen LogP contribution in [0.4, 0.5) is 0 Å². The second-order valence-electron chi connectivity index (χ2n) is 6.27. The molecule has 1 aromatic carbocycles. The van der Waals surface area contributed by atoms with Crippen LogP contribution in [-0.4, -0.2) is 49.1 Å². The lowest BCUT2D eigenvalue weighted by Crippen LogP contribution is -2.43. The maximum Gasteiger partial charge on any atom is 0.355 e. The molecule has 0 saturated carbocycles. The zero-order valence-corrected chi connectivity index (χ0v) is 18.1. The van der Waals surface area contributed by atoms with Crippen LogP contribution in [0.5, 0.6) is 5.75 Å². The Bertz CT molecular complexity index is 1020. The molecule has 0 atom stereocenters. The summed E-state index contributed by atoms with van der Waals surface area (Å²) in [4.78, 5) is 51.3. The monoisotopic (exact) mass is 451 g/mol. The normalized spacial score (nSPS) is 10.2. The molecule has 0 fully saturated rings. The van der Waals surface area contributed by atoms with Crippen molar-refractivity contribution >= 4 is 35.4 Å². The number of hydrogen-bond donors (Lipinski definition) is 3. The minimum Gasteiger partial charge on any atom is -0.496 e. The maximum absolute atomic E-state index is 12.4. The molecule has 10 nitrogen and oxygen atoms in total. The van der Waals surface area contributed by atoms with Gasteiger partial charge in [-0.05, 0) is 44.5 Å². The first-order chi connectivity index (χ1) is 14.7. The van der Waals surface area contributed by atoms with E-state index in [-0.39, 0.29) is 29.2 Å². The van der Waals surface area contributed by atoms with Crippen molar-refractivity contribution in [3.8, 4) is 5.75 Å². The average Bonchev–Trinajstić information content (AvgIpc) is 3.04. The van der Waals surface area contributed by atoms with E-state index in [2.05, 4.69) is 15.8 Å². The Balaban J connectivity index is 1.95. The van der Waals surface area contributed by atoms with Crippen LogP contribution >= 0.6 is 11.6 Å². The van der Waals surface area contributed by atoms with Gasteiger partial charge in [0.25, 0.3) is 11.8 Å². The second-order valence-corrected chi connectivity index (χ2v) is 6.70. The number of esters is 2. The van der Waals surface area contributed by atoms with Gasteiger partial charge in [-0.1, -0.05) is 11.6 Å². The van der Waals surface area contributed by atoms with Crippen LogP contribution in [-0.2, 0) is 14.3 Å². The SMILES string of the molecule is CCOC(=O)c1[nH]c(C)c(C(=O)OCC(=O)NNC(=O)c2cc(Cl)ccc2OC)c1C. The van der Waals surface area contributed by atoms with Gasteiger partial charge in [-0.25, -0.2) is 9.59 Å². The van der Waals surface area contributed by atoms with Gasteiger partial charge in [-0.15, -0.1) is 0 Å². The highest BCUT2D eigenvalue weighted by Crippen LogP contribution is 2.22. The molecule has 11 heteroatoms. The van der Waals surface area contributed by atoms with E-state index in [1.54, 1.807) is 26.8 Å². The summed E-state index contributed by atoms with van der Waals surface area (Å²) in [7, 11) is 1.39. The lowest BCUT2D eigenvalue weighted by molar-refractivity contribution is -0.125. The standard InChI is InChI=1S/C20H22ClN3O7/c1-5-30-20(28)17-10(2)16(11(3)22-17)19(27)31-9-15(25)23-24-18(26)13-8-12(21)6-7-14(13)29-4/h6-8,22H,5,9H2,1-4H3,(H,23,25)(H,24,26). The summed E-state index contributed by atoms with van der Waals surface area (Å²) >= 11 is 5.88. The first-order valence-corrected chi connectivity index (χ1v) is 9.53. The van der Waals surface area contributed by atoms with E-state index in [4.69, 9.17) is 25.8 Å². The molecule has 3 N–H and O–H groups in total. The fourth-order valence-corrected chi connectivity index (χ4v) is 2.93. The van der Waals surface area contributed by atoms with Crippen LogP contribution in [0.25, 0.3) is 0 Å². The highest BCUT2D eigenvalue weighted by molar-refractivity contribution is 6.31. The molecule has 31 heavy (non-hydrogen) atoms. The molecule has 166 valence electrons. The number of H-pyrrole nitrogens is 1. The molecule has 0 unspecified atom stereocenters. The number of nitrogens with one attached hydrogen (secondary N) is 3. The number of hydrazine groups is 1. The number of halogens is 1. The summed E-state index contributed by atoms with van der Waals surface area (Å²) in [5, 5.41) is 0.311. The number of hydrogen-bond acceptors (Lipinski definition) is 7. The maximum atomic E-state index is 12.4. The Labute approximate surface area is 183 Å². The van der Waals surface area contributed by atoms with Crippen LogP contribution in [0.3, 0.4) is 0 Å². The minimum atomic E-state index is -0.806. The van der Waals surface area contributed by atoms with Crippen molar-refractivity contribution in [1.82, 2.24) is 15.8 Å². The summed E-state index contributed by atoms with van der Waals surface area (Å²) in [6.45, 7) is 4.34. The van der Waals surface area contributed by atoms with E-state index in [0.29, 0.717) is 16.3 Å². The molecule has 0 aliphatic rings. The fourth-order valence-electron chi connectivity index (χ4n) is 2.75. The van der Waals surface area contributed by atoms with Gasteiger partial charge in [-0.2, -0.15) is 0 Å². The summed E-state index contributed by atoms with van der Waals surface area (Å²) in [5.41, 5.74) is 5.44. The third-order valence-electron chi connectivity index (χ3n) is 4.18. The van der Waals surface area contributed by atoms with Crippen LogP contribution in [0.2, 0.25) is 5.02 Å². The molecule has 2 aromatic rings. The van der Waals surface area contributed by atoms with Crippen LogP contribution < -0.4 is 15.6 Å². The van der Waals surface area contributed by atoms with Crippen molar-refractivity contribution in [2.24, 2.45) is 0 Å². The number of benzene rings is 1. The van der Waals surface area contributed by atoms with E-state index in [0.717, 1.165) is 0 Å². The average molecular weight is 452 g/mol. The lowest BCUT2D eigenvalue weighted by Gasteiger charge is -2.11. The Morgan fingerprint density at radius 2 is 1.77 bits per heavy atom. The summed E-state index contributed by atoms with van der Waals surface area (Å²) < 4.78 is 15.0. The molecule has 0 aliphatic heterocycles. The molecule has 0 aliphatic carbocycles. The Morgan fingerprint density at radius 3 is 2.42 bits per heavy atom. The van der Waals surface area contributed by atoms with Gasteiger partial charge in [0, 0.05) is 10.7 Å². The molecule has 0 spiro atoms. The van der Waals surface area contributed by atoms with Crippen molar-refractivity contribution in [3.63, 3.8) is 0 Å². The third kappa shape index (κ3) is 5.76. The predicted molar refractivity (Wildman–Crippen MR) is 110 cm³/mol. The predicted octanol–water partition coefficient (Wildman–Crippen LogP) is 2.09. The van der Waals surface area contributed by atoms with Crippen molar-refractivity contribution in [1.29, 1.82) is 0 Å². The Hall–Kier alpha value is -3.53. The van der Waals surface area contributed by atoms with E-state index >= 15 is 0 Å². The molecule has 0 bridgehead atoms. The molecule has 0 radical (unpaired) electrons. The number of aryl methyl sites for hydroxylation is 1. The molecule has 2 amide bonds. The first-order valence-electron chi connectivity index (χ1n) is 9.15. The topological polar surface area (TPSA) is 136 Å². The largest absolute Gasteiger partial charge is 0.496 e. The number of amides is 2. The number of aromatic amines is 1. The summed E-state index contributed by atoms with van der Waals surface area (Å²) in [5.74, 6) is -2.59. The van der Waals surface area contributed by atoms with E-state index in [9.17, 15) is 19.2 Å². The van der Waals surface area contributed by atoms with Crippen LogP contribution in [0, 0.1) is 13.8 Å². The highest BCUT2D eigenvalue weighted by atomic mass is 35.5. The molecule has 1 heterocycles. The zero-order chi connectivity index (χ0) is 23.1. The van der Waals surface area contributed by atoms with Gasteiger partial charge >= 0.3 is 11.9 Å².